The summed E-state index contributed by atoms with van der Waals surface area (Å²) in [7, 11) is 2.66. The Kier molecular flexibility index (Phi) is 29.8. The number of unbranched alkanes of at least 4 members (excludes halogenated alkanes) is 1. The number of phenols is 1. The van der Waals surface area contributed by atoms with E-state index in [1.54, 1.807) is 19.1 Å². The molecule has 1 aliphatic rings. The van der Waals surface area contributed by atoms with Crippen molar-refractivity contribution in [2.75, 3.05) is 77.5 Å². The molecule has 5 atom stereocenters. The Bertz CT molecular complexity index is 1790. The van der Waals surface area contributed by atoms with Crippen LogP contribution < -0.4 is 32.7 Å². The summed E-state index contributed by atoms with van der Waals surface area (Å²) in [6, 6.07) is 3.33. The number of primary amides is 1. The van der Waals surface area contributed by atoms with Crippen molar-refractivity contribution in [3.8, 4) is 5.75 Å². The number of nitrogens with zero attached hydrogens (tertiary/aromatic N) is 1. The summed E-state index contributed by atoms with van der Waals surface area (Å²) in [4.78, 5) is 115. The molecule has 22 nitrogen and oxygen atoms in total. The molecule has 1 aliphatic heterocycles. The van der Waals surface area contributed by atoms with Crippen LogP contribution in [0, 0.1) is 11.8 Å². The van der Waals surface area contributed by atoms with Gasteiger partial charge in [-0.05, 0) is 49.8 Å². The van der Waals surface area contributed by atoms with Crippen LogP contribution in [-0.4, -0.2) is 165 Å². The molecule has 0 spiro atoms. The highest BCUT2D eigenvalue weighted by molar-refractivity contribution is 8.76. The number of amides is 6. The number of carboxylic acids is 1. The van der Waals surface area contributed by atoms with E-state index in [1.165, 1.54) is 39.9 Å². The van der Waals surface area contributed by atoms with Crippen LogP contribution in [0.5, 0.6) is 5.75 Å². The molecule has 24 heteroatoms. The van der Waals surface area contributed by atoms with E-state index < -0.39 is 59.6 Å². The predicted octanol–water partition coefficient (Wildman–Crippen LogP) is -0.396. The Hall–Kier alpha value is -4.98. The number of benzene rings is 1. The quantitative estimate of drug-likeness (QED) is 0.0259. The number of phenolic OH excluding ortho intramolecular Hbond substituents is 1. The molecule has 1 heterocycles. The van der Waals surface area contributed by atoms with E-state index in [4.69, 9.17) is 35.5 Å². The number of rotatable bonds is 32. The van der Waals surface area contributed by atoms with E-state index in [-0.39, 0.29) is 152 Å². The molecule has 1 saturated heterocycles. The van der Waals surface area contributed by atoms with Gasteiger partial charge >= 0.3 is 5.97 Å². The van der Waals surface area contributed by atoms with Crippen molar-refractivity contribution in [2.45, 2.75) is 82.8 Å². The van der Waals surface area contributed by atoms with Crippen molar-refractivity contribution in [3.63, 3.8) is 0 Å². The first-order chi connectivity index (χ1) is 32.1. The van der Waals surface area contributed by atoms with Gasteiger partial charge in [0.25, 0.3) is 5.91 Å². The molecular weight excluding hydrogens is 919 g/mol. The van der Waals surface area contributed by atoms with Crippen LogP contribution in [0.3, 0.4) is 0 Å². The minimum absolute atomic E-state index is 0.0170. The largest absolute Gasteiger partial charge is 0.508 e. The van der Waals surface area contributed by atoms with Gasteiger partial charge in [-0.15, -0.1) is 0 Å². The summed E-state index contributed by atoms with van der Waals surface area (Å²) in [5, 5.41) is 29.1. The van der Waals surface area contributed by atoms with Gasteiger partial charge in [0.05, 0.1) is 51.7 Å². The number of ketones is 2. The lowest BCUT2D eigenvalue weighted by Crippen LogP contribution is -2.49. The van der Waals surface area contributed by atoms with Gasteiger partial charge in [-0.25, -0.2) is 9.79 Å². The van der Waals surface area contributed by atoms with Crippen molar-refractivity contribution >= 4 is 80.8 Å². The van der Waals surface area contributed by atoms with Gasteiger partial charge in [0, 0.05) is 68.3 Å². The first-order valence-electron chi connectivity index (χ1n) is 21.9. The van der Waals surface area contributed by atoms with Crippen LogP contribution in [0.25, 0.3) is 0 Å². The molecular formula is C43H65N7O15S2. The summed E-state index contributed by atoms with van der Waals surface area (Å²) in [6.45, 7) is 2.19. The first kappa shape index (κ1) is 58.1. The maximum atomic E-state index is 13.5. The Morgan fingerprint density at radius 1 is 0.881 bits per heavy atom. The molecule has 1 fully saturated rings. The smallest absolute Gasteiger partial charge is 0.326 e. The number of aliphatic imine (C=N–C) groups is 1. The normalized spacial score (nSPS) is 17.7. The lowest BCUT2D eigenvalue weighted by molar-refractivity contribution is -0.142. The summed E-state index contributed by atoms with van der Waals surface area (Å²) >= 11 is 0. The van der Waals surface area contributed by atoms with E-state index in [2.05, 4.69) is 26.3 Å². The van der Waals surface area contributed by atoms with Gasteiger partial charge < -0.3 is 61.9 Å². The third kappa shape index (κ3) is 26.8. The molecule has 6 amide bonds. The average molecular weight is 984 g/mol. The zero-order chi connectivity index (χ0) is 49.4. The Balaban J connectivity index is 1.58. The van der Waals surface area contributed by atoms with Crippen molar-refractivity contribution in [3.05, 3.63) is 29.8 Å². The molecule has 374 valence electrons. The molecule has 67 heavy (non-hydrogen) atoms. The van der Waals surface area contributed by atoms with Gasteiger partial charge in [0.15, 0.2) is 5.78 Å². The van der Waals surface area contributed by atoms with E-state index in [0.717, 1.165) is 5.56 Å². The number of ether oxygens (including phenoxy) is 4. The second-order valence-electron chi connectivity index (χ2n) is 15.3. The van der Waals surface area contributed by atoms with Crippen LogP contribution in [0.1, 0.15) is 63.9 Å². The minimum atomic E-state index is -1.22. The van der Waals surface area contributed by atoms with Crippen molar-refractivity contribution in [1.82, 2.24) is 21.3 Å². The summed E-state index contributed by atoms with van der Waals surface area (Å²) in [6.07, 6.45) is 2.34. The fourth-order valence-electron chi connectivity index (χ4n) is 6.08. The highest BCUT2D eigenvalue weighted by Crippen LogP contribution is 2.29. The van der Waals surface area contributed by atoms with Crippen LogP contribution >= 0.6 is 21.6 Å². The zero-order valence-electron chi connectivity index (χ0n) is 37.7. The van der Waals surface area contributed by atoms with Crippen LogP contribution in [0.2, 0.25) is 0 Å². The van der Waals surface area contributed by atoms with Crippen molar-refractivity contribution in [1.29, 1.82) is 0 Å². The summed E-state index contributed by atoms with van der Waals surface area (Å²) in [5.74, 6) is -5.62. The number of nitrogens with one attached hydrogen (secondary N) is 4. The standard InChI is InChI=1S/C43H65N7O15S2/c1-2-37(54)49-34(43(60)61)10-11-38(55)47-13-15-62-17-20-65-25-40(57)48-14-16-63-18-19-64-24-39(56)46-12-4-3-5-33-36(53)23-30(26-66-67-27-32(44)42(59)50-33)35(52)22-29(41(45)58)21-28-6-8-31(51)9-7-28/h6-9,14,29-30,32-34,51H,2-5,10-13,15-27,44H2,1H3,(H2,45,58)(H,46,56)(H,47,55)(H,49,54)(H,50,59)(H,60,61)/t29-,30+,32+,33+,34?/m1/s1. The number of aromatic hydroxyl groups is 1. The second-order valence-corrected chi connectivity index (χ2v) is 17.8. The lowest BCUT2D eigenvalue weighted by Gasteiger charge is -2.22. The number of carbonyl (C=O) groups excluding carboxylic acids is 8. The van der Waals surface area contributed by atoms with E-state index in [0.29, 0.717) is 12.8 Å². The number of carboxylic acid groups (broad SMARTS) is 1. The molecule has 0 radical (unpaired) electrons. The van der Waals surface area contributed by atoms with Gasteiger partial charge in [-0.3, -0.25) is 38.4 Å². The highest BCUT2D eigenvalue weighted by Gasteiger charge is 2.32. The number of nitrogens with two attached hydrogens (primary N) is 2. The molecule has 1 unspecified atom stereocenters. The topological polar surface area (TPSA) is 344 Å². The zero-order valence-corrected chi connectivity index (χ0v) is 39.4. The lowest BCUT2D eigenvalue weighted by atomic mass is 9.87. The third-order valence-electron chi connectivity index (χ3n) is 9.87. The molecule has 10 N–H and O–H groups in total. The summed E-state index contributed by atoms with van der Waals surface area (Å²) in [5.41, 5.74) is 12.4. The Morgan fingerprint density at radius 3 is 2.25 bits per heavy atom. The maximum absolute atomic E-state index is 13.5. The van der Waals surface area contributed by atoms with Gasteiger partial charge in [-0.2, -0.15) is 0 Å². The van der Waals surface area contributed by atoms with E-state index >= 15 is 0 Å². The molecule has 0 saturated carbocycles. The van der Waals surface area contributed by atoms with Crippen LogP contribution in [-0.2, 0) is 68.5 Å². The number of carbonyl (C=O) groups is 9. The SMILES string of the molecule is CCC(=O)NC(CCC(=O)NCCOCCOCC(=O)N=CCOCCOCC(=O)NCCCC[C@@H]1NC(=O)[C@@H](N)CSSC[C@@H](C(=O)C[C@@H](Cc2ccc(O)cc2)C(N)=O)CC1=O)C(=O)O. The highest BCUT2D eigenvalue weighted by atomic mass is 33.1. The van der Waals surface area contributed by atoms with Crippen molar-refractivity contribution < 1.29 is 72.3 Å². The molecule has 1 aromatic carbocycles. The number of hydrogen-bond donors (Lipinski definition) is 8. The Morgan fingerprint density at radius 2 is 1.55 bits per heavy atom. The van der Waals surface area contributed by atoms with E-state index in [1.807, 2.05) is 0 Å². The summed E-state index contributed by atoms with van der Waals surface area (Å²) < 4.78 is 21.2. The second kappa shape index (κ2) is 34.3. The molecule has 2 rings (SSSR count). The third-order valence-corrected chi connectivity index (χ3v) is 12.4. The molecule has 0 aromatic heterocycles. The fourth-order valence-corrected chi connectivity index (χ4v) is 8.55. The predicted molar refractivity (Wildman–Crippen MR) is 248 cm³/mol. The van der Waals surface area contributed by atoms with Crippen molar-refractivity contribution in [2.24, 2.45) is 28.3 Å². The molecule has 0 aliphatic carbocycles. The first-order valence-corrected chi connectivity index (χ1v) is 24.4. The number of aliphatic carboxylic acids is 1. The van der Waals surface area contributed by atoms with E-state index in [9.17, 15) is 48.3 Å². The number of hydrogen-bond acceptors (Lipinski definition) is 17. The molecule has 0 bridgehead atoms. The maximum Gasteiger partial charge on any atom is 0.326 e. The monoisotopic (exact) mass is 983 g/mol. The Labute approximate surface area is 397 Å². The number of Topliss-reactive ketones (excluding diaryl/α,β-unsaturated/α-hetero) is 2. The van der Waals surface area contributed by atoms with Gasteiger partial charge in [0.1, 0.15) is 30.8 Å². The molecule has 1 aromatic rings. The fraction of sp³-hybridized carbons (Fsp3) is 0.628. The van der Waals surface area contributed by atoms with Crippen LogP contribution in [0.15, 0.2) is 29.3 Å². The average Bonchev–Trinajstić information content (AvgIpc) is 3.31. The minimum Gasteiger partial charge on any atom is -0.508 e. The van der Waals surface area contributed by atoms with Gasteiger partial charge in [0.2, 0.25) is 29.5 Å². The van der Waals surface area contributed by atoms with Crippen LogP contribution in [0.4, 0.5) is 0 Å². The van der Waals surface area contributed by atoms with Gasteiger partial charge in [-0.1, -0.05) is 40.6 Å².